The lowest BCUT2D eigenvalue weighted by molar-refractivity contribution is -0.142. The molecule has 7 N–H and O–H groups in total. The maximum absolute atomic E-state index is 12.3. The number of primary amides is 1. The summed E-state index contributed by atoms with van der Waals surface area (Å²) in [6, 6.07) is -3.17. The molecule has 3 amide bonds. The van der Waals surface area contributed by atoms with Crippen LogP contribution in [0.3, 0.4) is 0 Å². The molecule has 0 aliphatic carbocycles. The maximum Gasteiger partial charge on any atom is 0.326 e. The van der Waals surface area contributed by atoms with Crippen LogP contribution >= 0.6 is 11.8 Å². The van der Waals surface area contributed by atoms with Crippen LogP contribution in [0.1, 0.15) is 26.7 Å². The molecule has 0 aromatic carbocycles. The second-order valence-electron chi connectivity index (χ2n) is 5.69. The summed E-state index contributed by atoms with van der Waals surface area (Å²) in [6.07, 6.45) is 1.75. The van der Waals surface area contributed by atoms with Gasteiger partial charge in [0, 0.05) is 0 Å². The molecule has 3 atom stereocenters. The van der Waals surface area contributed by atoms with Gasteiger partial charge in [-0.15, -0.1) is 0 Å². The zero-order chi connectivity index (χ0) is 18.9. The predicted octanol–water partition coefficient (Wildman–Crippen LogP) is -1.35. The zero-order valence-corrected chi connectivity index (χ0v) is 14.9. The van der Waals surface area contributed by atoms with Crippen molar-refractivity contribution in [2.45, 2.75) is 44.8 Å². The third-order valence-electron chi connectivity index (χ3n) is 3.23. The van der Waals surface area contributed by atoms with Gasteiger partial charge in [-0.05, 0) is 24.3 Å². The minimum atomic E-state index is -1.16. The van der Waals surface area contributed by atoms with Crippen molar-refractivity contribution in [2.24, 2.45) is 17.4 Å². The minimum absolute atomic E-state index is 0.266. The van der Waals surface area contributed by atoms with Gasteiger partial charge in [0.15, 0.2) is 0 Å². The van der Waals surface area contributed by atoms with Crippen LogP contribution in [0, 0.1) is 5.92 Å². The van der Waals surface area contributed by atoms with Gasteiger partial charge in [-0.1, -0.05) is 13.8 Å². The number of carbonyl (C=O) groups is 4. The fourth-order valence-corrected chi connectivity index (χ4v) is 2.33. The quantitative estimate of drug-likeness (QED) is 0.303. The molecule has 0 radical (unpaired) electrons. The molecule has 0 aliphatic rings. The highest BCUT2D eigenvalue weighted by Crippen LogP contribution is 2.06. The molecule has 24 heavy (non-hydrogen) atoms. The van der Waals surface area contributed by atoms with Crippen molar-refractivity contribution < 1.29 is 24.3 Å². The molecule has 0 spiro atoms. The molecule has 0 aromatic heterocycles. The fourth-order valence-electron chi connectivity index (χ4n) is 1.86. The third kappa shape index (κ3) is 8.16. The van der Waals surface area contributed by atoms with Crippen molar-refractivity contribution in [3.05, 3.63) is 0 Å². The van der Waals surface area contributed by atoms with Crippen LogP contribution in [0.25, 0.3) is 0 Å². The topological polar surface area (TPSA) is 165 Å². The predicted molar refractivity (Wildman–Crippen MR) is 91.1 cm³/mol. The summed E-state index contributed by atoms with van der Waals surface area (Å²) < 4.78 is 0. The number of nitrogens with one attached hydrogen (secondary N) is 2. The lowest BCUT2D eigenvalue weighted by atomic mass is 10.0. The number of hydrogen-bond donors (Lipinski definition) is 5. The van der Waals surface area contributed by atoms with Crippen molar-refractivity contribution in [3.63, 3.8) is 0 Å². The number of rotatable bonds is 11. The first-order chi connectivity index (χ1) is 11.1. The van der Waals surface area contributed by atoms with Crippen molar-refractivity contribution in [3.8, 4) is 0 Å². The first kappa shape index (κ1) is 22.2. The summed E-state index contributed by atoms with van der Waals surface area (Å²) in [7, 11) is 0. The highest BCUT2D eigenvalue weighted by Gasteiger charge is 2.30. The Morgan fingerprint density at radius 2 is 1.71 bits per heavy atom. The highest BCUT2D eigenvalue weighted by atomic mass is 32.2. The summed E-state index contributed by atoms with van der Waals surface area (Å²) in [5, 5.41) is 14.0. The molecule has 0 aromatic rings. The van der Waals surface area contributed by atoms with Gasteiger partial charge in [0.2, 0.25) is 17.7 Å². The molecule has 9 nitrogen and oxygen atoms in total. The molecule has 0 saturated carbocycles. The van der Waals surface area contributed by atoms with Crippen LogP contribution in [-0.2, 0) is 19.2 Å². The van der Waals surface area contributed by atoms with Crippen LogP contribution in [0.15, 0.2) is 0 Å². The van der Waals surface area contributed by atoms with E-state index < -0.39 is 41.8 Å². The van der Waals surface area contributed by atoms with E-state index in [1.165, 1.54) is 11.8 Å². The number of carboxylic acid groups (broad SMARTS) is 1. The van der Waals surface area contributed by atoms with Crippen LogP contribution in [0.5, 0.6) is 0 Å². The van der Waals surface area contributed by atoms with E-state index in [1.807, 2.05) is 6.26 Å². The molecule has 0 rings (SSSR count). The Hall–Kier alpha value is -1.81. The first-order valence-electron chi connectivity index (χ1n) is 7.46. The molecule has 0 aliphatic heterocycles. The van der Waals surface area contributed by atoms with Gasteiger partial charge in [0.1, 0.15) is 12.1 Å². The lowest BCUT2D eigenvalue weighted by Gasteiger charge is -2.25. The number of carboxylic acids is 1. The van der Waals surface area contributed by atoms with Gasteiger partial charge in [-0.2, -0.15) is 11.8 Å². The van der Waals surface area contributed by atoms with Crippen LogP contribution in [0.2, 0.25) is 0 Å². The summed E-state index contributed by atoms with van der Waals surface area (Å²) in [6.45, 7) is 3.39. The summed E-state index contributed by atoms with van der Waals surface area (Å²) in [4.78, 5) is 46.3. The van der Waals surface area contributed by atoms with Gasteiger partial charge < -0.3 is 27.2 Å². The normalized spacial score (nSPS) is 14.5. The van der Waals surface area contributed by atoms with Crippen LogP contribution in [-0.4, -0.2) is 58.9 Å². The smallest absolute Gasteiger partial charge is 0.326 e. The van der Waals surface area contributed by atoms with Crippen LogP contribution in [0.4, 0.5) is 0 Å². The summed E-state index contributed by atoms with van der Waals surface area (Å²) in [5.74, 6) is -2.91. The van der Waals surface area contributed by atoms with Crippen LogP contribution < -0.4 is 22.1 Å². The van der Waals surface area contributed by atoms with E-state index in [2.05, 4.69) is 10.6 Å². The number of hydrogen-bond acceptors (Lipinski definition) is 6. The second kappa shape index (κ2) is 10.9. The molecule has 0 saturated heterocycles. The average Bonchev–Trinajstić information content (AvgIpc) is 2.46. The molecule has 0 unspecified atom stereocenters. The minimum Gasteiger partial charge on any atom is -0.480 e. The fraction of sp³-hybridized carbons (Fsp3) is 0.714. The Kier molecular flexibility index (Phi) is 10.0. The lowest BCUT2D eigenvalue weighted by Crippen LogP contribution is -2.56. The SMILES string of the molecule is CSCC[C@H](NC(=O)[C@@H](NC(=O)[C@@H](N)CC(N)=O)C(C)C)C(=O)O. The summed E-state index contributed by atoms with van der Waals surface area (Å²) >= 11 is 1.46. The van der Waals surface area contributed by atoms with E-state index in [0.717, 1.165) is 0 Å². The first-order valence-corrected chi connectivity index (χ1v) is 8.85. The molecule has 138 valence electrons. The largest absolute Gasteiger partial charge is 0.480 e. The van der Waals surface area contributed by atoms with Crippen molar-refractivity contribution >= 4 is 35.5 Å². The van der Waals surface area contributed by atoms with Crippen molar-refractivity contribution in [2.75, 3.05) is 12.0 Å². The number of amides is 3. The van der Waals surface area contributed by atoms with Gasteiger partial charge >= 0.3 is 5.97 Å². The second-order valence-corrected chi connectivity index (χ2v) is 6.67. The average molecular weight is 362 g/mol. The van der Waals surface area contributed by atoms with Gasteiger partial charge in [-0.25, -0.2) is 4.79 Å². The van der Waals surface area contributed by atoms with E-state index in [9.17, 15) is 19.2 Å². The maximum atomic E-state index is 12.3. The van der Waals surface area contributed by atoms with Crippen molar-refractivity contribution in [1.29, 1.82) is 0 Å². The number of aliphatic carboxylic acids is 1. The Morgan fingerprint density at radius 1 is 1.12 bits per heavy atom. The van der Waals surface area contributed by atoms with E-state index in [1.54, 1.807) is 13.8 Å². The number of thioether (sulfide) groups is 1. The molecule has 0 heterocycles. The number of nitrogens with two attached hydrogens (primary N) is 2. The van der Waals surface area contributed by atoms with E-state index in [0.29, 0.717) is 5.75 Å². The number of carbonyl (C=O) groups excluding carboxylic acids is 3. The standard InChI is InChI=1S/C14H26N4O5S/c1-7(2)11(18-12(20)8(15)6-10(16)19)13(21)17-9(14(22)23)4-5-24-3/h7-9,11H,4-6,15H2,1-3H3,(H2,16,19)(H,17,21)(H,18,20)(H,22,23)/t8-,9-,11-/m0/s1. The molecule has 0 fully saturated rings. The molecule has 0 bridgehead atoms. The highest BCUT2D eigenvalue weighted by molar-refractivity contribution is 7.98. The monoisotopic (exact) mass is 362 g/mol. The summed E-state index contributed by atoms with van der Waals surface area (Å²) in [5.41, 5.74) is 10.5. The Balaban J connectivity index is 4.90. The van der Waals surface area contributed by atoms with Gasteiger partial charge in [0.05, 0.1) is 12.5 Å². The van der Waals surface area contributed by atoms with E-state index >= 15 is 0 Å². The van der Waals surface area contributed by atoms with E-state index in [-0.39, 0.29) is 18.8 Å². The van der Waals surface area contributed by atoms with Crippen molar-refractivity contribution in [1.82, 2.24) is 10.6 Å². The van der Waals surface area contributed by atoms with Gasteiger partial charge in [0.25, 0.3) is 0 Å². The Labute approximate surface area is 145 Å². The Bertz CT molecular complexity index is 472. The van der Waals surface area contributed by atoms with E-state index in [4.69, 9.17) is 16.6 Å². The van der Waals surface area contributed by atoms with Gasteiger partial charge in [-0.3, -0.25) is 14.4 Å². The Morgan fingerprint density at radius 3 is 2.12 bits per heavy atom. The molecular formula is C14H26N4O5S. The third-order valence-corrected chi connectivity index (χ3v) is 3.87. The zero-order valence-electron chi connectivity index (χ0n) is 14.1. The molecular weight excluding hydrogens is 336 g/mol. The molecule has 10 heteroatoms.